The molecule has 0 N–H and O–H groups in total. The molecule has 0 fully saturated rings. The average molecular weight is 180 g/mol. The predicted octanol–water partition coefficient (Wildman–Crippen LogP) is 1.96. The lowest BCUT2D eigenvalue weighted by atomic mass is 9.92. The van der Waals surface area contributed by atoms with Crippen LogP contribution in [0.2, 0.25) is 0 Å². The quantitative estimate of drug-likeness (QED) is 0.610. The van der Waals surface area contributed by atoms with Gasteiger partial charge in [-0.1, -0.05) is 20.8 Å². The standard InChI is InChI=1S/C10H16N2O/c1-10(2,3)8-9-12(7-11-8)5-4-6-13-9/h7H,4-6H2,1-3H3. The number of fused-ring (bicyclic) bond motifs is 1. The van der Waals surface area contributed by atoms with Gasteiger partial charge in [0.05, 0.1) is 12.9 Å². The number of aromatic nitrogens is 2. The molecule has 0 radical (unpaired) electrons. The van der Waals surface area contributed by atoms with Crippen molar-refractivity contribution >= 4 is 0 Å². The molecule has 0 saturated carbocycles. The third kappa shape index (κ3) is 1.43. The van der Waals surface area contributed by atoms with Crippen molar-refractivity contribution in [2.24, 2.45) is 0 Å². The van der Waals surface area contributed by atoms with E-state index in [9.17, 15) is 0 Å². The van der Waals surface area contributed by atoms with Crippen LogP contribution in [0.25, 0.3) is 0 Å². The van der Waals surface area contributed by atoms with Crippen LogP contribution >= 0.6 is 0 Å². The van der Waals surface area contributed by atoms with E-state index >= 15 is 0 Å². The minimum Gasteiger partial charge on any atom is -0.477 e. The van der Waals surface area contributed by atoms with E-state index in [4.69, 9.17) is 4.74 Å². The molecule has 1 aliphatic heterocycles. The summed E-state index contributed by atoms with van der Waals surface area (Å²) < 4.78 is 7.72. The number of hydrogen-bond acceptors (Lipinski definition) is 2. The van der Waals surface area contributed by atoms with Crippen molar-refractivity contribution in [2.75, 3.05) is 6.61 Å². The van der Waals surface area contributed by atoms with Crippen molar-refractivity contribution in [3.8, 4) is 5.88 Å². The first-order chi connectivity index (χ1) is 6.09. The van der Waals surface area contributed by atoms with Gasteiger partial charge in [-0.05, 0) is 6.42 Å². The number of nitrogens with zero attached hydrogens (tertiary/aromatic N) is 2. The summed E-state index contributed by atoms with van der Waals surface area (Å²) >= 11 is 0. The van der Waals surface area contributed by atoms with Crippen LogP contribution in [0.1, 0.15) is 32.9 Å². The first kappa shape index (κ1) is 8.60. The molecule has 72 valence electrons. The molecule has 0 aromatic carbocycles. The van der Waals surface area contributed by atoms with Crippen LogP contribution in [0.15, 0.2) is 6.33 Å². The Balaban J connectivity index is 2.43. The second-order valence-electron chi connectivity index (χ2n) is 4.54. The molecule has 1 aromatic heterocycles. The first-order valence-electron chi connectivity index (χ1n) is 4.77. The molecule has 2 heterocycles. The molecule has 0 spiro atoms. The van der Waals surface area contributed by atoms with Crippen LogP contribution in [0.5, 0.6) is 5.88 Å². The first-order valence-corrected chi connectivity index (χ1v) is 4.77. The van der Waals surface area contributed by atoms with E-state index < -0.39 is 0 Å². The summed E-state index contributed by atoms with van der Waals surface area (Å²) in [5.41, 5.74) is 1.16. The van der Waals surface area contributed by atoms with Crippen LogP contribution in [0.4, 0.5) is 0 Å². The summed E-state index contributed by atoms with van der Waals surface area (Å²) in [7, 11) is 0. The maximum absolute atomic E-state index is 5.62. The van der Waals surface area contributed by atoms with Gasteiger partial charge in [0.2, 0.25) is 5.88 Å². The Labute approximate surface area is 78.7 Å². The van der Waals surface area contributed by atoms with Gasteiger partial charge in [-0.3, -0.25) is 0 Å². The van der Waals surface area contributed by atoms with Crippen LogP contribution in [-0.4, -0.2) is 16.2 Å². The van der Waals surface area contributed by atoms with E-state index in [0.29, 0.717) is 0 Å². The zero-order valence-corrected chi connectivity index (χ0v) is 8.50. The number of imidazole rings is 1. The normalized spacial score (nSPS) is 16.5. The molecule has 0 saturated heterocycles. The second kappa shape index (κ2) is 2.76. The molecule has 1 aromatic rings. The third-order valence-corrected chi connectivity index (χ3v) is 2.28. The summed E-state index contributed by atoms with van der Waals surface area (Å²) in [4.78, 5) is 4.41. The molecule has 1 aliphatic rings. The van der Waals surface area contributed by atoms with E-state index in [2.05, 4.69) is 30.3 Å². The topological polar surface area (TPSA) is 27.1 Å². The van der Waals surface area contributed by atoms with Gasteiger partial charge in [-0.15, -0.1) is 0 Å². The van der Waals surface area contributed by atoms with Gasteiger partial charge in [-0.25, -0.2) is 4.98 Å². The van der Waals surface area contributed by atoms with Gasteiger partial charge < -0.3 is 9.30 Å². The maximum atomic E-state index is 5.62. The molecule has 0 aliphatic carbocycles. The molecule has 0 atom stereocenters. The Hall–Kier alpha value is -0.990. The fraction of sp³-hybridized carbons (Fsp3) is 0.700. The Kier molecular flexibility index (Phi) is 1.82. The van der Waals surface area contributed by atoms with E-state index in [1.54, 1.807) is 0 Å². The van der Waals surface area contributed by atoms with Gasteiger partial charge in [0, 0.05) is 12.0 Å². The Morgan fingerprint density at radius 1 is 1.46 bits per heavy atom. The van der Waals surface area contributed by atoms with Crippen molar-refractivity contribution in [2.45, 2.75) is 39.2 Å². The SMILES string of the molecule is CC(C)(C)c1ncn2c1OCCC2. The summed E-state index contributed by atoms with van der Waals surface area (Å²) in [5, 5.41) is 0. The lowest BCUT2D eigenvalue weighted by Crippen LogP contribution is -2.18. The van der Waals surface area contributed by atoms with Gasteiger partial charge >= 0.3 is 0 Å². The second-order valence-corrected chi connectivity index (χ2v) is 4.54. The highest BCUT2D eigenvalue weighted by Crippen LogP contribution is 2.31. The zero-order valence-electron chi connectivity index (χ0n) is 8.50. The highest BCUT2D eigenvalue weighted by molar-refractivity contribution is 5.27. The third-order valence-electron chi connectivity index (χ3n) is 2.28. The fourth-order valence-electron chi connectivity index (χ4n) is 1.60. The highest BCUT2D eigenvalue weighted by atomic mass is 16.5. The summed E-state index contributed by atoms with van der Waals surface area (Å²) in [6.07, 6.45) is 2.97. The molecule has 2 rings (SSSR count). The number of ether oxygens (including phenoxy) is 1. The Bertz CT molecular complexity index is 309. The van der Waals surface area contributed by atoms with E-state index in [0.717, 1.165) is 31.1 Å². The minimum atomic E-state index is 0.0813. The molecule has 0 bridgehead atoms. The number of hydrogen-bond donors (Lipinski definition) is 0. The van der Waals surface area contributed by atoms with Crippen LogP contribution in [0.3, 0.4) is 0 Å². The van der Waals surface area contributed by atoms with Gasteiger partial charge in [0.25, 0.3) is 0 Å². The fourth-order valence-corrected chi connectivity index (χ4v) is 1.60. The van der Waals surface area contributed by atoms with Crippen LogP contribution in [-0.2, 0) is 12.0 Å². The van der Waals surface area contributed by atoms with Crippen LogP contribution in [0, 0.1) is 0 Å². The zero-order chi connectivity index (χ0) is 9.47. The largest absolute Gasteiger partial charge is 0.477 e. The lowest BCUT2D eigenvalue weighted by molar-refractivity contribution is 0.235. The maximum Gasteiger partial charge on any atom is 0.217 e. The molecular formula is C10H16N2O. The molecule has 3 heteroatoms. The molecular weight excluding hydrogens is 164 g/mol. The number of rotatable bonds is 0. The smallest absolute Gasteiger partial charge is 0.217 e. The van der Waals surface area contributed by atoms with E-state index in [-0.39, 0.29) is 5.41 Å². The van der Waals surface area contributed by atoms with E-state index in [1.165, 1.54) is 0 Å². The average Bonchev–Trinajstić information content (AvgIpc) is 2.45. The van der Waals surface area contributed by atoms with Gasteiger partial charge in [-0.2, -0.15) is 0 Å². The lowest BCUT2D eigenvalue weighted by Gasteiger charge is -2.21. The van der Waals surface area contributed by atoms with E-state index in [1.807, 2.05) is 6.33 Å². The van der Waals surface area contributed by atoms with Crippen molar-refractivity contribution < 1.29 is 4.74 Å². The summed E-state index contributed by atoms with van der Waals surface area (Å²) in [6, 6.07) is 0. The highest BCUT2D eigenvalue weighted by Gasteiger charge is 2.25. The molecule has 0 unspecified atom stereocenters. The Morgan fingerprint density at radius 2 is 2.23 bits per heavy atom. The molecule has 3 nitrogen and oxygen atoms in total. The number of aryl methyl sites for hydroxylation is 1. The molecule has 13 heavy (non-hydrogen) atoms. The van der Waals surface area contributed by atoms with Gasteiger partial charge in [0.1, 0.15) is 5.69 Å². The van der Waals surface area contributed by atoms with Crippen molar-refractivity contribution in [3.63, 3.8) is 0 Å². The molecule has 0 amide bonds. The predicted molar refractivity (Wildman–Crippen MR) is 51.0 cm³/mol. The van der Waals surface area contributed by atoms with Crippen molar-refractivity contribution in [3.05, 3.63) is 12.0 Å². The minimum absolute atomic E-state index is 0.0813. The van der Waals surface area contributed by atoms with Gasteiger partial charge in [0.15, 0.2) is 0 Å². The monoisotopic (exact) mass is 180 g/mol. The van der Waals surface area contributed by atoms with Crippen molar-refractivity contribution in [1.82, 2.24) is 9.55 Å². The summed E-state index contributed by atoms with van der Waals surface area (Å²) in [6.45, 7) is 8.35. The Morgan fingerprint density at radius 3 is 2.92 bits per heavy atom. The van der Waals surface area contributed by atoms with Crippen LogP contribution < -0.4 is 4.74 Å². The van der Waals surface area contributed by atoms with Crippen molar-refractivity contribution in [1.29, 1.82) is 0 Å². The summed E-state index contributed by atoms with van der Waals surface area (Å²) in [5.74, 6) is 0.971.